The minimum atomic E-state index is -1.96. The molecule has 0 aromatic heterocycles. The second-order valence-corrected chi connectivity index (χ2v) is 3.02. The molecule has 1 aromatic rings. The van der Waals surface area contributed by atoms with Crippen LogP contribution in [0.2, 0.25) is 0 Å². The first kappa shape index (κ1) is 9.62. The molecule has 0 fully saturated rings. The minimum absolute atomic E-state index is 0.362. The Morgan fingerprint density at radius 3 is 2.38 bits per heavy atom. The number of alkyl halides is 1. The SMILES string of the molecule is Cc1ccc(C(C)(F)N=C=O)cc1. The molecule has 1 atom stereocenters. The quantitative estimate of drug-likeness (QED) is 0.389. The number of carbonyl (C=O) groups excluding carboxylic acids is 1. The number of nitrogens with zero attached hydrogens (tertiary/aromatic N) is 1. The Kier molecular flexibility index (Phi) is 2.59. The molecule has 68 valence electrons. The third-order valence-corrected chi connectivity index (χ3v) is 1.83. The highest BCUT2D eigenvalue weighted by atomic mass is 19.1. The van der Waals surface area contributed by atoms with Gasteiger partial charge in [-0.3, -0.25) is 0 Å². The Morgan fingerprint density at radius 2 is 1.92 bits per heavy atom. The van der Waals surface area contributed by atoms with Crippen LogP contribution in [-0.2, 0) is 10.6 Å². The highest BCUT2D eigenvalue weighted by Crippen LogP contribution is 2.26. The van der Waals surface area contributed by atoms with Crippen molar-refractivity contribution >= 4 is 6.08 Å². The topological polar surface area (TPSA) is 29.4 Å². The van der Waals surface area contributed by atoms with E-state index in [-0.39, 0.29) is 0 Å². The van der Waals surface area contributed by atoms with Crippen LogP contribution in [0.5, 0.6) is 0 Å². The van der Waals surface area contributed by atoms with E-state index in [4.69, 9.17) is 0 Å². The minimum Gasteiger partial charge on any atom is -0.212 e. The van der Waals surface area contributed by atoms with Crippen molar-refractivity contribution < 1.29 is 9.18 Å². The summed E-state index contributed by atoms with van der Waals surface area (Å²) in [5.41, 5.74) is 1.40. The molecule has 1 aromatic carbocycles. The van der Waals surface area contributed by atoms with Crippen LogP contribution in [-0.4, -0.2) is 6.08 Å². The molecule has 3 heteroatoms. The summed E-state index contributed by atoms with van der Waals surface area (Å²) in [6.45, 7) is 3.13. The molecule has 0 bridgehead atoms. The molecule has 0 aliphatic carbocycles. The van der Waals surface area contributed by atoms with E-state index in [1.54, 1.807) is 24.3 Å². The predicted molar refractivity (Wildman–Crippen MR) is 47.8 cm³/mol. The zero-order chi connectivity index (χ0) is 9.90. The third-order valence-electron chi connectivity index (χ3n) is 1.83. The number of hydrogen-bond acceptors (Lipinski definition) is 2. The van der Waals surface area contributed by atoms with Gasteiger partial charge in [-0.1, -0.05) is 29.8 Å². The summed E-state index contributed by atoms with van der Waals surface area (Å²) in [5, 5.41) is 0. The monoisotopic (exact) mass is 179 g/mol. The number of rotatable bonds is 2. The van der Waals surface area contributed by atoms with Gasteiger partial charge >= 0.3 is 0 Å². The molecular weight excluding hydrogens is 169 g/mol. The van der Waals surface area contributed by atoms with E-state index in [1.807, 2.05) is 6.92 Å². The fraction of sp³-hybridized carbons (Fsp3) is 0.300. The highest BCUT2D eigenvalue weighted by molar-refractivity contribution is 5.37. The maximum atomic E-state index is 13.5. The number of halogens is 1. The summed E-state index contributed by atoms with van der Waals surface area (Å²) in [5.74, 6) is -1.96. The van der Waals surface area contributed by atoms with Crippen molar-refractivity contribution in [1.82, 2.24) is 0 Å². The zero-order valence-electron chi connectivity index (χ0n) is 7.54. The molecule has 2 nitrogen and oxygen atoms in total. The summed E-state index contributed by atoms with van der Waals surface area (Å²) in [6.07, 6.45) is 1.22. The van der Waals surface area contributed by atoms with Gasteiger partial charge in [0.25, 0.3) is 0 Å². The summed E-state index contributed by atoms with van der Waals surface area (Å²) in [4.78, 5) is 13.0. The Bertz CT molecular complexity index is 336. The Hall–Kier alpha value is -1.47. The summed E-state index contributed by atoms with van der Waals surface area (Å²) >= 11 is 0. The van der Waals surface area contributed by atoms with Crippen LogP contribution >= 0.6 is 0 Å². The van der Waals surface area contributed by atoms with Crippen LogP contribution in [0, 0.1) is 6.92 Å². The standard InChI is InChI=1S/C10H10FNO/c1-8-3-5-9(6-4-8)10(2,11)12-7-13/h3-6H,1-2H3. The largest absolute Gasteiger partial charge is 0.238 e. The molecule has 0 amide bonds. The molecular formula is C10H10FNO. The average molecular weight is 179 g/mol. The van der Waals surface area contributed by atoms with Crippen molar-refractivity contribution in [3.8, 4) is 0 Å². The van der Waals surface area contributed by atoms with Gasteiger partial charge in [0.05, 0.1) is 0 Å². The lowest BCUT2D eigenvalue weighted by molar-refractivity contribution is 0.206. The Morgan fingerprint density at radius 1 is 1.38 bits per heavy atom. The lowest BCUT2D eigenvalue weighted by Crippen LogP contribution is -2.10. The Labute approximate surface area is 76.1 Å². The number of isocyanates is 1. The fourth-order valence-electron chi connectivity index (χ4n) is 1.01. The lowest BCUT2D eigenvalue weighted by Gasteiger charge is -2.13. The van der Waals surface area contributed by atoms with Crippen molar-refractivity contribution in [2.45, 2.75) is 19.6 Å². The second-order valence-electron chi connectivity index (χ2n) is 3.02. The van der Waals surface area contributed by atoms with Crippen molar-refractivity contribution in [1.29, 1.82) is 0 Å². The third kappa shape index (κ3) is 2.23. The Balaban J connectivity index is 3.07. The zero-order valence-corrected chi connectivity index (χ0v) is 7.54. The number of benzene rings is 1. The van der Waals surface area contributed by atoms with Crippen LogP contribution < -0.4 is 0 Å². The molecule has 1 unspecified atom stereocenters. The van der Waals surface area contributed by atoms with E-state index in [0.29, 0.717) is 5.56 Å². The average Bonchev–Trinajstić information content (AvgIpc) is 2.05. The molecule has 0 saturated carbocycles. The van der Waals surface area contributed by atoms with Crippen molar-refractivity contribution in [2.75, 3.05) is 0 Å². The van der Waals surface area contributed by atoms with Gasteiger partial charge in [-0.05, 0) is 13.8 Å². The van der Waals surface area contributed by atoms with Crippen LogP contribution in [0.15, 0.2) is 29.3 Å². The molecule has 0 N–H and O–H groups in total. The van der Waals surface area contributed by atoms with Crippen molar-refractivity contribution in [2.24, 2.45) is 4.99 Å². The van der Waals surface area contributed by atoms with Crippen LogP contribution in [0.25, 0.3) is 0 Å². The van der Waals surface area contributed by atoms with E-state index in [2.05, 4.69) is 4.99 Å². The molecule has 1 rings (SSSR count). The van der Waals surface area contributed by atoms with Crippen LogP contribution in [0.3, 0.4) is 0 Å². The van der Waals surface area contributed by atoms with Crippen LogP contribution in [0.1, 0.15) is 18.1 Å². The number of aryl methyl sites for hydroxylation is 1. The normalized spacial score (nSPS) is 14.4. The summed E-state index contributed by atoms with van der Waals surface area (Å²) in [7, 11) is 0. The van der Waals surface area contributed by atoms with E-state index in [0.717, 1.165) is 5.56 Å². The summed E-state index contributed by atoms with van der Waals surface area (Å²) < 4.78 is 13.5. The van der Waals surface area contributed by atoms with Gasteiger partial charge < -0.3 is 0 Å². The molecule has 13 heavy (non-hydrogen) atoms. The van der Waals surface area contributed by atoms with Gasteiger partial charge in [-0.15, -0.1) is 0 Å². The molecule has 0 heterocycles. The lowest BCUT2D eigenvalue weighted by atomic mass is 10.1. The van der Waals surface area contributed by atoms with E-state index >= 15 is 0 Å². The van der Waals surface area contributed by atoms with E-state index in [9.17, 15) is 9.18 Å². The first-order valence-electron chi connectivity index (χ1n) is 3.91. The van der Waals surface area contributed by atoms with Gasteiger partial charge in [0.1, 0.15) is 0 Å². The molecule has 0 spiro atoms. The first-order valence-corrected chi connectivity index (χ1v) is 3.91. The predicted octanol–water partition coefficient (Wildman–Crippen LogP) is 2.47. The number of aliphatic imine (C=N–C) groups is 1. The molecule has 0 aliphatic heterocycles. The van der Waals surface area contributed by atoms with E-state index in [1.165, 1.54) is 13.0 Å². The van der Waals surface area contributed by atoms with Crippen molar-refractivity contribution in [3.63, 3.8) is 0 Å². The molecule has 0 saturated heterocycles. The van der Waals surface area contributed by atoms with Crippen LogP contribution in [0.4, 0.5) is 4.39 Å². The maximum Gasteiger partial charge on any atom is 0.238 e. The fourth-order valence-corrected chi connectivity index (χ4v) is 1.01. The maximum absolute atomic E-state index is 13.5. The van der Waals surface area contributed by atoms with Gasteiger partial charge in [0, 0.05) is 5.56 Å². The first-order chi connectivity index (χ1) is 6.06. The van der Waals surface area contributed by atoms with E-state index < -0.39 is 5.79 Å². The van der Waals surface area contributed by atoms with Gasteiger partial charge in [0.2, 0.25) is 11.9 Å². The second kappa shape index (κ2) is 3.50. The summed E-state index contributed by atoms with van der Waals surface area (Å²) in [6, 6.07) is 6.76. The molecule has 0 radical (unpaired) electrons. The van der Waals surface area contributed by atoms with Gasteiger partial charge in [0.15, 0.2) is 0 Å². The molecule has 0 aliphatic rings. The number of hydrogen-bond donors (Lipinski definition) is 0. The van der Waals surface area contributed by atoms with Gasteiger partial charge in [-0.25, -0.2) is 9.18 Å². The highest BCUT2D eigenvalue weighted by Gasteiger charge is 2.24. The van der Waals surface area contributed by atoms with Crippen molar-refractivity contribution in [3.05, 3.63) is 35.4 Å². The van der Waals surface area contributed by atoms with Gasteiger partial charge in [-0.2, -0.15) is 4.99 Å². The smallest absolute Gasteiger partial charge is 0.212 e.